The molecule has 2 rings (SSSR count). The van der Waals surface area contributed by atoms with Crippen LogP contribution in [0.15, 0.2) is 46.2 Å². The summed E-state index contributed by atoms with van der Waals surface area (Å²) >= 11 is 1.07. The second kappa shape index (κ2) is 8.33. The van der Waals surface area contributed by atoms with E-state index in [1.807, 2.05) is 0 Å². The number of azo groups is 1. The molecule has 0 atom stereocenters. The summed E-state index contributed by atoms with van der Waals surface area (Å²) in [5.41, 5.74) is 1.65. The highest BCUT2D eigenvalue weighted by atomic mass is 32.2. The summed E-state index contributed by atoms with van der Waals surface area (Å²) in [5.74, 6) is -0.137. The number of thiazole rings is 1. The number of aromatic nitrogens is 1. The molecular weight excluding hydrogens is 390 g/mol. The third kappa shape index (κ3) is 4.94. The van der Waals surface area contributed by atoms with Crippen molar-refractivity contribution in [2.24, 2.45) is 10.2 Å². The van der Waals surface area contributed by atoms with Crippen molar-refractivity contribution in [1.29, 1.82) is 0 Å². The monoisotopic (exact) mass is 407 g/mol. The summed E-state index contributed by atoms with van der Waals surface area (Å²) in [6.45, 7) is 6.74. The van der Waals surface area contributed by atoms with Gasteiger partial charge in [-0.1, -0.05) is 24.0 Å². The van der Waals surface area contributed by atoms with Crippen molar-refractivity contribution in [3.63, 3.8) is 0 Å². The van der Waals surface area contributed by atoms with Crippen LogP contribution in [0.2, 0.25) is 0 Å². The number of allylic oxidation sites excluding steroid dienone is 1. The van der Waals surface area contributed by atoms with E-state index >= 15 is 0 Å². The lowest BCUT2D eigenvalue weighted by Gasteiger charge is -2.09. The van der Waals surface area contributed by atoms with Gasteiger partial charge in [-0.25, -0.2) is 4.98 Å². The standard InChI is InChI=1S/C17H17N3O5S2/c1-4-12-8-13(27(23,24)25)9-15(14(12)6-5-7-21)19-20-17-18-10(2)16(26-17)11(3)22/h4-5,7-9,21H,1,6H2,2-3H3,(H,23,24,25). The van der Waals surface area contributed by atoms with Crippen molar-refractivity contribution < 1.29 is 22.9 Å². The van der Waals surface area contributed by atoms with Crippen LogP contribution in [0.3, 0.4) is 0 Å². The van der Waals surface area contributed by atoms with Gasteiger partial charge in [-0.05, 0) is 42.7 Å². The average molecular weight is 407 g/mol. The van der Waals surface area contributed by atoms with Crippen LogP contribution < -0.4 is 0 Å². The predicted octanol–water partition coefficient (Wildman–Crippen LogP) is 4.57. The maximum atomic E-state index is 11.5. The summed E-state index contributed by atoms with van der Waals surface area (Å²) < 4.78 is 32.4. The van der Waals surface area contributed by atoms with E-state index in [-0.39, 0.29) is 27.9 Å². The molecule has 0 amide bonds. The van der Waals surface area contributed by atoms with Gasteiger partial charge < -0.3 is 5.11 Å². The smallest absolute Gasteiger partial charge is 0.294 e. The number of aliphatic hydroxyl groups excluding tert-OH is 1. The summed E-state index contributed by atoms with van der Waals surface area (Å²) in [6.07, 6.45) is 3.94. The van der Waals surface area contributed by atoms with E-state index < -0.39 is 10.1 Å². The SMILES string of the molecule is C=Cc1cc(S(=O)(=O)O)cc(N=Nc2nc(C)c(C(C)=O)s2)c1CC=CO. The molecule has 1 heterocycles. The summed E-state index contributed by atoms with van der Waals surface area (Å²) in [7, 11) is -4.47. The van der Waals surface area contributed by atoms with Crippen LogP contribution in [-0.4, -0.2) is 28.8 Å². The summed E-state index contributed by atoms with van der Waals surface area (Å²) in [6, 6.07) is 2.42. The minimum Gasteiger partial charge on any atom is -0.516 e. The lowest BCUT2D eigenvalue weighted by Crippen LogP contribution is -2.00. The van der Waals surface area contributed by atoms with Gasteiger partial charge in [0.05, 0.1) is 27.4 Å². The molecule has 1 aromatic heterocycles. The number of aliphatic hydroxyl groups is 1. The van der Waals surface area contributed by atoms with Gasteiger partial charge in [-0.2, -0.15) is 8.42 Å². The first-order valence-corrected chi connectivity index (χ1v) is 9.89. The number of benzene rings is 1. The number of hydrogen-bond donors (Lipinski definition) is 2. The van der Waals surface area contributed by atoms with E-state index in [2.05, 4.69) is 21.8 Å². The second-order valence-corrected chi connectivity index (χ2v) is 7.84. The highest BCUT2D eigenvalue weighted by Gasteiger charge is 2.16. The van der Waals surface area contributed by atoms with E-state index in [9.17, 15) is 17.8 Å². The van der Waals surface area contributed by atoms with Gasteiger partial charge in [0.2, 0.25) is 5.13 Å². The fourth-order valence-electron chi connectivity index (χ4n) is 2.31. The average Bonchev–Trinajstić information content (AvgIpc) is 2.98. The van der Waals surface area contributed by atoms with Crippen LogP contribution >= 0.6 is 11.3 Å². The lowest BCUT2D eigenvalue weighted by molar-refractivity contribution is 0.102. The molecule has 2 aromatic rings. The Morgan fingerprint density at radius 2 is 2.07 bits per heavy atom. The Labute approximate surface area is 160 Å². The second-order valence-electron chi connectivity index (χ2n) is 5.45. The maximum Gasteiger partial charge on any atom is 0.294 e. The number of rotatable bonds is 7. The van der Waals surface area contributed by atoms with Crippen molar-refractivity contribution in [2.75, 3.05) is 0 Å². The first-order valence-electron chi connectivity index (χ1n) is 7.63. The Bertz CT molecular complexity index is 1050. The Morgan fingerprint density at radius 1 is 1.37 bits per heavy atom. The molecular formula is C17H17N3O5S2. The number of aryl methyl sites for hydroxylation is 1. The van der Waals surface area contributed by atoms with Crippen LogP contribution in [0.25, 0.3) is 6.08 Å². The topological polar surface area (TPSA) is 129 Å². The van der Waals surface area contributed by atoms with Crippen LogP contribution in [0.4, 0.5) is 10.8 Å². The van der Waals surface area contributed by atoms with Crippen molar-refractivity contribution >= 4 is 44.1 Å². The molecule has 10 heteroatoms. The van der Waals surface area contributed by atoms with E-state index in [1.165, 1.54) is 31.2 Å². The van der Waals surface area contributed by atoms with Crippen LogP contribution in [0.5, 0.6) is 0 Å². The lowest BCUT2D eigenvalue weighted by atomic mass is 10.0. The fraction of sp³-hybridized carbons (Fsp3) is 0.176. The van der Waals surface area contributed by atoms with Gasteiger partial charge in [0.1, 0.15) is 0 Å². The molecule has 0 saturated carbocycles. The van der Waals surface area contributed by atoms with E-state index in [4.69, 9.17) is 5.11 Å². The first kappa shape index (κ1) is 20.6. The van der Waals surface area contributed by atoms with Gasteiger partial charge in [0, 0.05) is 6.92 Å². The predicted molar refractivity (Wildman–Crippen MR) is 103 cm³/mol. The van der Waals surface area contributed by atoms with Crippen LogP contribution in [-0.2, 0) is 16.5 Å². The maximum absolute atomic E-state index is 11.5. The Hall–Kier alpha value is -2.69. The molecule has 0 aliphatic heterocycles. The first-order chi connectivity index (χ1) is 12.7. The van der Waals surface area contributed by atoms with Crippen LogP contribution in [0, 0.1) is 6.92 Å². The van der Waals surface area contributed by atoms with Crippen molar-refractivity contribution in [3.8, 4) is 0 Å². The summed E-state index contributed by atoms with van der Waals surface area (Å²) in [5, 5.41) is 17.2. The van der Waals surface area contributed by atoms with Crippen LogP contribution in [0.1, 0.15) is 33.4 Å². The van der Waals surface area contributed by atoms with E-state index in [1.54, 1.807) is 6.92 Å². The van der Waals surface area contributed by atoms with E-state index in [0.717, 1.165) is 17.6 Å². The van der Waals surface area contributed by atoms with Crippen molar-refractivity contribution in [2.45, 2.75) is 25.2 Å². The molecule has 1 aromatic carbocycles. The molecule has 0 aliphatic carbocycles. The molecule has 142 valence electrons. The number of carbonyl (C=O) groups excluding carboxylic acids is 1. The molecule has 0 aliphatic rings. The number of ketones is 1. The molecule has 27 heavy (non-hydrogen) atoms. The zero-order chi connectivity index (χ0) is 20.2. The zero-order valence-electron chi connectivity index (χ0n) is 14.6. The molecule has 0 bridgehead atoms. The Balaban J connectivity index is 2.59. The molecule has 0 saturated heterocycles. The molecule has 2 N–H and O–H groups in total. The normalized spacial score (nSPS) is 12.1. The number of carbonyl (C=O) groups is 1. The molecule has 8 nitrogen and oxygen atoms in total. The van der Waals surface area contributed by atoms with Gasteiger partial charge in [0.25, 0.3) is 10.1 Å². The largest absolute Gasteiger partial charge is 0.516 e. The highest BCUT2D eigenvalue weighted by Crippen LogP contribution is 2.32. The Kier molecular flexibility index (Phi) is 6.37. The minimum absolute atomic E-state index is 0.137. The molecule has 0 fully saturated rings. The van der Waals surface area contributed by atoms with E-state index in [0.29, 0.717) is 21.7 Å². The quantitative estimate of drug-likeness (QED) is 0.299. The van der Waals surface area contributed by atoms with Gasteiger partial charge in [-0.15, -0.1) is 10.2 Å². The van der Waals surface area contributed by atoms with Crippen molar-refractivity contribution in [3.05, 3.63) is 52.7 Å². The molecule has 0 radical (unpaired) electrons. The highest BCUT2D eigenvalue weighted by molar-refractivity contribution is 7.85. The van der Waals surface area contributed by atoms with Gasteiger partial charge in [-0.3, -0.25) is 9.35 Å². The van der Waals surface area contributed by atoms with Gasteiger partial charge >= 0.3 is 0 Å². The third-order valence-electron chi connectivity index (χ3n) is 3.53. The number of nitrogens with zero attached hydrogens (tertiary/aromatic N) is 3. The third-order valence-corrected chi connectivity index (χ3v) is 5.50. The fourth-order valence-corrected chi connectivity index (χ4v) is 3.63. The van der Waals surface area contributed by atoms with Crippen molar-refractivity contribution in [1.82, 2.24) is 4.98 Å². The zero-order valence-corrected chi connectivity index (χ0v) is 16.2. The Morgan fingerprint density at radius 3 is 2.59 bits per heavy atom. The minimum atomic E-state index is -4.47. The summed E-state index contributed by atoms with van der Waals surface area (Å²) in [4.78, 5) is 15.8. The van der Waals surface area contributed by atoms with Gasteiger partial charge in [0.15, 0.2) is 5.78 Å². The molecule has 0 unspecified atom stereocenters. The number of hydrogen-bond acceptors (Lipinski definition) is 8. The molecule has 0 spiro atoms. The number of Topliss-reactive ketones (excluding diaryl/α,β-unsaturated/α-hetero) is 1.